The fraction of sp³-hybridized carbons (Fsp3) is 0.333. The summed E-state index contributed by atoms with van der Waals surface area (Å²) in [5.41, 5.74) is 1.21. The van der Waals surface area contributed by atoms with Gasteiger partial charge in [0.25, 0.3) is 0 Å². The Labute approximate surface area is 152 Å². The number of hydrogen-bond donors (Lipinski definition) is 1. The highest BCUT2D eigenvalue weighted by Gasteiger charge is 2.16. The summed E-state index contributed by atoms with van der Waals surface area (Å²) < 4.78 is 61.8. The molecule has 2 rings (SSSR count). The van der Waals surface area contributed by atoms with E-state index in [-0.39, 0.29) is 23.1 Å². The lowest BCUT2D eigenvalue weighted by atomic mass is 10.0. The molecule has 0 bridgehead atoms. The minimum Gasteiger partial charge on any atom is -0.497 e. The van der Waals surface area contributed by atoms with Gasteiger partial charge >= 0.3 is 6.61 Å². The molecule has 0 saturated carbocycles. The predicted octanol–water partition coefficient (Wildman–Crippen LogP) is 4.36. The van der Waals surface area contributed by atoms with Crippen LogP contribution in [0.2, 0.25) is 0 Å². The molecule has 0 aliphatic heterocycles. The van der Waals surface area contributed by atoms with Gasteiger partial charge in [-0.1, -0.05) is 26.0 Å². The molecule has 0 radical (unpaired) electrons. The second-order valence-electron chi connectivity index (χ2n) is 6.10. The number of methoxy groups -OCH3 is 1. The van der Waals surface area contributed by atoms with Crippen LogP contribution in [0.25, 0.3) is 11.1 Å². The van der Waals surface area contributed by atoms with Crippen molar-refractivity contribution in [2.24, 2.45) is 5.92 Å². The molecule has 0 unspecified atom stereocenters. The Morgan fingerprint density at radius 3 is 2.27 bits per heavy atom. The number of sulfonamides is 1. The number of ether oxygens (including phenoxy) is 2. The Bertz CT molecular complexity index is 837. The lowest BCUT2D eigenvalue weighted by Crippen LogP contribution is -2.20. The molecule has 2 aromatic carbocycles. The van der Waals surface area contributed by atoms with Gasteiger partial charge in [-0.25, -0.2) is 8.42 Å². The number of hydrogen-bond acceptors (Lipinski definition) is 4. The summed E-state index contributed by atoms with van der Waals surface area (Å²) in [6.07, 6.45) is 0. The third-order valence-electron chi connectivity index (χ3n) is 3.42. The van der Waals surface area contributed by atoms with Crippen molar-refractivity contribution in [2.45, 2.75) is 20.5 Å². The molecular weight excluding hydrogens is 364 g/mol. The quantitative estimate of drug-likeness (QED) is 0.733. The first-order valence-electron chi connectivity index (χ1n) is 7.94. The molecule has 0 fully saturated rings. The van der Waals surface area contributed by atoms with Crippen molar-refractivity contribution in [3.63, 3.8) is 0 Å². The van der Waals surface area contributed by atoms with Crippen LogP contribution in [-0.2, 0) is 10.0 Å². The SMILES string of the molecule is COc1ccc(-c2cc(NS(=O)(=O)CC(C)C)ccc2OC(F)F)cc1. The minimum atomic E-state index is -3.54. The molecule has 1 N–H and O–H groups in total. The summed E-state index contributed by atoms with van der Waals surface area (Å²) in [5, 5.41) is 0. The summed E-state index contributed by atoms with van der Waals surface area (Å²) in [6.45, 7) is 0.596. The fourth-order valence-corrected chi connectivity index (χ4v) is 3.90. The van der Waals surface area contributed by atoms with Gasteiger partial charge in [0.05, 0.1) is 12.9 Å². The van der Waals surface area contributed by atoms with Crippen molar-refractivity contribution in [3.8, 4) is 22.6 Å². The normalized spacial score (nSPS) is 11.7. The predicted molar refractivity (Wildman–Crippen MR) is 97.3 cm³/mol. The highest BCUT2D eigenvalue weighted by Crippen LogP contribution is 2.35. The van der Waals surface area contributed by atoms with Gasteiger partial charge in [0.1, 0.15) is 11.5 Å². The number of halogens is 2. The second kappa shape index (κ2) is 8.35. The van der Waals surface area contributed by atoms with Crippen molar-refractivity contribution < 1.29 is 26.7 Å². The number of anilines is 1. The van der Waals surface area contributed by atoms with E-state index in [4.69, 9.17) is 4.74 Å². The molecule has 0 atom stereocenters. The molecule has 0 aromatic heterocycles. The Balaban J connectivity index is 2.41. The van der Waals surface area contributed by atoms with Gasteiger partial charge in [-0.05, 0) is 41.8 Å². The van der Waals surface area contributed by atoms with Crippen molar-refractivity contribution >= 4 is 15.7 Å². The van der Waals surface area contributed by atoms with Gasteiger partial charge in [0, 0.05) is 11.3 Å². The van der Waals surface area contributed by atoms with Crippen molar-refractivity contribution in [1.29, 1.82) is 0 Å². The van der Waals surface area contributed by atoms with E-state index in [2.05, 4.69) is 9.46 Å². The average molecular weight is 385 g/mol. The van der Waals surface area contributed by atoms with E-state index >= 15 is 0 Å². The van der Waals surface area contributed by atoms with Crippen LogP contribution in [-0.4, -0.2) is 27.9 Å². The van der Waals surface area contributed by atoms with Gasteiger partial charge in [-0.15, -0.1) is 0 Å². The lowest BCUT2D eigenvalue weighted by molar-refractivity contribution is -0.0494. The Hall–Kier alpha value is -2.35. The van der Waals surface area contributed by atoms with Gasteiger partial charge in [0.2, 0.25) is 10.0 Å². The van der Waals surface area contributed by atoms with Crippen LogP contribution >= 0.6 is 0 Å². The first-order chi connectivity index (χ1) is 12.2. The zero-order valence-corrected chi connectivity index (χ0v) is 15.5. The third kappa shape index (κ3) is 5.59. The summed E-state index contributed by atoms with van der Waals surface area (Å²) >= 11 is 0. The van der Waals surface area contributed by atoms with E-state index in [1.807, 2.05) is 0 Å². The highest BCUT2D eigenvalue weighted by atomic mass is 32.2. The van der Waals surface area contributed by atoms with Crippen LogP contribution in [0.1, 0.15) is 13.8 Å². The van der Waals surface area contributed by atoms with E-state index in [0.717, 1.165) is 0 Å². The zero-order valence-electron chi connectivity index (χ0n) is 14.7. The zero-order chi connectivity index (χ0) is 19.3. The first kappa shape index (κ1) is 20.0. The van der Waals surface area contributed by atoms with Crippen molar-refractivity contribution in [3.05, 3.63) is 42.5 Å². The molecule has 142 valence electrons. The summed E-state index contributed by atoms with van der Waals surface area (Å²) in [5.74, 6) is 0.478. The van der Waals surface area contributed by atoms with Gasteiger partial charge in [-0.3, -0.25) is 4.72 Å². The van der Waals surface area contributed by atoms with E-state index in [1.165, 1.54) is 25.3 Å². The average Bonchev–Trinajstić information content (AvgIpc) is 2.54. The molecular formula is C18H21F2NO4S. The van der Waals surface area contributed by atoms with E-state index < -0.39 is 16.6 Å². The summed E-state index contributed by atoms with van der Waals surface area (Å²) in [6, 6.07) is 10.9. The van der Waals surface area contributed by atoms with Gasteiger partial charge < -0.3 is 9.47 Å². The fourth-order valence-electron chi connectivity index (χ4n) is 2.45. The third-order valence-corrected chi connectivity index (χ3v) is 5.07. The van der Waals surface area contributed by atoms with Crippen LogP contribution < -0.4 is 14.2 Å². The number of alkyl halides is 2. The molecule has 0 heterocycles. The van der Waals surface area contributed by atoms with E-state index in [9.17, 15) is 17.2 Å². The van der Waals surface area contributed by atoms with Gasteiger partial charge in [0.15, 0.2) is 0 Å². The minimum absolute atomic E-state index is 0.0415. The second-order valence-corrected chi connectivity index (χ2v) is 7.86. The maximum atomic E-state index is 12.7. The number of nitrogens with one attached hydrogen (secondary N) is 1. The van der Waals surface area contributed by atoms with Crippen LogP contribution in [0.15, 0.2) is 42.5 Å². The maximum absolute atomic E-state index is 12.7. The van der Waals surface area contributed by atoms with Crippen LogP contribution in [0.5, 0.6) is 11.5 Å². The molecule has 0 amide bonds. The number of benzene rings is 2. The standard InChI is InChI=1S/C18H21F2NO4S/c1-12(2)11-26(22,23)21-14-6-9-17(25-18(19)20)16(10-14)13-4-7-15(24-3)8-5-13/h4-10,12,18,21H,11H2,1-3H3. The van der Waals surface area contributed by atoms with E-state index in [0.29, 0.717) is 16.9 Å². The van der Waals surface area contributed by atoms with Gasteiger partial charge in [-0.2, -0.15) is 8.78 Å². The largest absolute Gasteiger partial charge is 0.497 e. The molecule has 0 aliphatic carbocycles. The highest BCUT2D eigenvalue weighted by molar-refractivity contribution is 7.92. The topological polar surface area (TPSA) is 64.6 Å². The maximum Gasteiger partial charge on any atom is 0.387 e. The smallest absolute Gasteiger partial charge is 0.387 e. The Morgan fingerprint density at radius 1 is 1.08 bits per heavy atom. The molecule has 5 nitrogen and oxygen atoms in total. The molecule has 26 heavy (non-hydrogen) atoms. The molecule has 2 aromatic rings. The molecule has 0 aliphatic rings. The molecule has 0 saturated heterocycles. The van der Waals surface area contributed by atoms with Crippen LogP contribution in [0, 0.1) is 5.92 Å². The van der Waals surface area contributed by atoms with E-state index in [1.54, 1.807) is 38.1 Å². The monoisotopic (exact) mass is 385 g/mol. The lowest BCUT2D eigenvalue weighted by Gasteiger charge is -2.15. The number of rotatable bonds is 8. The van der Waals surface area contributed by atoms with Crippen molar-refractivity contribution in [2.75, 3.05) is 17.6 Å². The summed E-state index contributed by atoms with van der Waals surface area (Å²) in [4.78, 5) is 0. The Morgan fingerprint density at radius 2 is 1.73 bits per heavy atom. The van der Waals surface area contributed by atoms with Crippen LogP contribution in [0.3, 0.4) is 0 Å². The summed E-state index contributed by atoms with van der Waals surface area (Å²) in [7, 11) is -2.02. The molecule has 8 heteroatoms. The first-order valence-corrected chi connectivity index (χ1v) is 9.59. The molecule has 0 spiro atoms. The Kier molecular flexibility index (Phi) is 6.42. The van der Waals surface area contributed by atoms with Crippen molar-refractivity contribution in [1.82, 2.24) is 0 Å². The van der Waals surface area contributed by atoms with Crippen LogP contribution in [0.4, 0.5) is 14.5 Å².